The highest BCUT2D eigenvalue weighted by molar-refractivity contribution is 5.71. The van der Waals surface area contributed by atoms with Gasteiger partial charge in [-0.1, -0.05) is 292 Å². The summed E-state index contributed by atoms with van der Waals surface area (Å²) in [5.74, 6) is -2.02. The number of carboxylic acids is 1. The summed E-state index contributed by atoms with van der Waals surface area (Å²) in [5.41, 5.74) is 0. The Balaban J connectivity index is 4.04. The van der Waals surface area contributed by atoms with Gasteiger partial charge in [-0.2, -0.15) is 0 Å². The predicted octanol–water partition coefficient (Wildman–Crippen LogP) is 21.5. The lowest BCUT2D eigenvalue weighted by molar-refractivity contribution is -0.870. The van der Waals surface area contributed by atoms with Crippen LogP contribution in [0.15, 0.2) is 85.1 Å². The van der Waals surface area contributed by atoms with E-state index >= 15 is 0 Å². The van der Waals surface area contributed by atoms with Crippen molar-refractivity contribution < 1.29 is 42.9 Å². The summed E-state index contributed by atoms with van der Waals surface area (Å²) in [6.07, 6.45) is 84.2. The van der Waals surface area contributed by atoms with E-state index in [0.717, 1.165) is 89.9 Å². The fourth-order valence-corrected chi connectivity index (χ4v) is 9.84. The van der Waals surface area contributed by atoms with E-state index in [4.69, 9.17) is 18.9 Å². The molecular weight excluding hydrogens is 1030 g/mol. The van der Waals surface area contributed by atoms with Crippen molar-refractivity contribution in [2.75, 3.05) is 47.5 Å². The molecule has 0 saturated heterocycles. The number of aliphatic carboxylic acids is 1. The lowest BCUT2D eigenvalue weighted by Gasteiger charge is -2.25. The van der Waals surface area contributed by atoms with Crippen LogP contribution in [0.5, 0.6) is 0 Å². The summed E-state index contributed by atoms with van der Waals surface area (Å²) >= 11 is 0. The molecule has 0 bridgehead atoms. The van der Waals surface area contributed by atoms with Gasteiger partial charge >= 0.3 is 17.9 Å². The Morgan fingerprint density at radius 2 is 0.687 bits per heavy atom. The van der Waals surface area contributed by atoms with Crippen molar-refractivity contribution in [3.8, 4) is 0 Å². The minimum absolute atomic E-state index is 0.181. The van der Waals surface area contributed by atoms with Crippen molar-refractivity contribution in [2.45, 2.75) is 322 Å². The lowest BCUT2D eigenvalue weighted by Crippen LogP contribution is -2.40. The van der Waals surface area contributed by atoms with E-state index in [1.165, 1.54) is 186 Å². The largest absolute Gasteiger partial charge is 0.477 e. The molecule has 0 aliphatic rings. The summed E-state index contributed by atoms with van der Waals surface area (Å²) in [6, 6.07) is 0. The number of quaternary nitrogens is 1. The number of unbranched alkanes of at least 4 members (excludes halogenated alkanes) is 35. The third-order valence-electron chi connectivity index (χ3n) is 15.1. The van der Waals surface area contributed by atoms with Gasteiger partial charge in [0.1, 0.15) is 13.2 Å². The molecule has 0 heterocycles. The number of nitrogens with zero attached hydrogens (tertiary/aromatic N) is 1. The Hall–Kier alpha value is -3.53. The molecule has 2 atom stereocenters. The van der Waals surface area contributed by atoms with Gasteiger partial charge in [-0.25, -0.2) is 4.79 Å². The quantitative estimate of drug-likeness (QED) is 0.0211. The number of hydrogen-bond donors (Lipinski definition) is 1. The molecule has 1 N–H and O–H groups in total. The molecule has 0 fully saturated rings. The summed E-state index contributed by atoms with van der Waals surface area (Å²) in [4.78, 5) is 37.6. The van der Waals surface area contributed by atoms with Gasteiger partial charge in [0.15, 0.2) is 6.10 Å². The Bertz CT molecular complexity index is 1640. The summed E-state index contributed by atoms with van der Waals surface area (Å²) in [5, 5.41) is 9.73. The van der Waals surface area contributed by atoms with Crippen LogP contribution in [0, 0.1) is 0 Å². The van der Waals surface area contributed by atoms with Crippen LogP contribution in [0.4, 0.5) is 0 Å². The Morgan fingerprint density at radius 3 is 1.02 bits per heavy atom. The molecule has 480 valence electrons. The Labute approximate surface area is 512 Å². The Morgan fingerprint density at radius 1 is 0.373 bits per heavy atom. The first-order valence-corrected chi connectivity index (χ1v) is 34.8. The first-order valence-electron chi connectivity index (χ1n) is 34.8. The second-order valence-corrected chi connectivity index (χ2v) is 24.5. The zero-order chi connectivity index (χ0) is 60.5. The summed E-state index contributed by atoms with van der Waals surface area (Å²) in [6.45, 7) is 4.76. The molecule has 9 heteroatoms. The number of allylic oxidation sites excluding steroid dienone is 14. The zero-order valence-corrected chi connectivity index (χ0v) is 54.8. The van der Waals surface area contributed by atoms with Crippen LogP contribution in [0.2, 0.25) is 0 Å². The third kappa shape index (κ3) is 65.9. The van der Waals surface area contributed by atoms with Gasteiger partial charge in [0.05, 0.1) is 34.4 Å². The van der Waals surface area contributed by atoms with Crippen LogP contribution in [0.1, 0.15) is 309 Å². The molecule has 0 aromatic rings. The van der Waals surface area contributed by atoms with Crippen molar-refractivity contribution >= 4 is 17.9 Å². The topological polar surface area (TPSA) is 108 Å². The van der Waals surface area contributed by atoms with Crippen molar-refractivity contribution in [3.63, 3.8) is 0 Å². The maximum absolute atomic E-state index is 12.9. The van der Waals surface area contributed by atoms with Crippen LogP contribution in [-0.2, 0) is 33.3 Å². The van der Waals surface area contributed by atoms with Crippen molar-refractivity contribution in [3.05, 3.63) is 85.1 Å². The van der Waals surface area contributed by atoms with Crippen molar-refractivity contribution in [2.24, 2.45) is 0 Å². The SMILES string of the molecule is CC/C=C\C/C=C\C/C=C\C/C=C\C/C=C\CCCCCCCC(=O)OC(COC(=O)CCCCCCCCCCCCCCCCCCCCCCCCCCC/C=C\C/C=C\CCCCCCC)COC(OCC[N+](C)(C)C)C(=O)O. The average molecular weight is 1160 g/mol. The van der Waals surface area contributed by atoms with Gasteiger partial charge < -0.3 is 28.5 Å². The van der Waals surface area contributed by atoms with Crippen LogP contribution >= 0.6 is 0 Å². The number of carboxylic acid groups (broad SMARTS) is 1. The number of ether oxygens (including phenoxy) is 4. The monoisotopic (exact) mass is 1160 g/mol. The molecule has 0 aliphatic heterocycles. The first-order chi connectivity index (χ1) is 40.6. The standard InChI is InChI=1S/C74H131NO8/c1-6-8-10-12-14-16-18-20-22-24-26-28-29-30-31-32-33-34-35-36-37-38-39-40-41-42-43-45-46-48-50-52-54-56-58-60-62-64-71(76)81-68-70(69-82-74(73(78)79)80-67-66-75(3,4)5)83-72(77)65-63-61-59-57-55-53-51-49-47-44-27-25-23-21-19-17-15-13-11-9-7-2/h9,11,15,17-18,20-21,23-24,26-27,44,49,51,70,74H,6-8,10,12-14,16,19,22,25,28-43,45-48,50,52-69H2,1-5H3/p+1/b11-9-,17-15-,20-18-,23-21-,26-24-,44-27-,51-49-. The zero-order valence-electron chi connectivity index (χ0n) is 54.8. The first kappa shape index (κ1) is 79.5. The number of hydrogen-bond acceptors (Lipinski definition) is 7. The van der Waals surface area contributed by atoms with E-state index in [1.807, 2.05) is 21.1 Å². The number of carbonyl (C=O) groups excluding carboxylic acids is 2. The molecule has 0 saturated carbocycles. The number of esters is 2. The van der Waals surface area contributed by atoms with Gasteiger partial charge in [-0.15, -0.1) is 0 Å². The Kier molecular flexibility index (Phi) is 61.7. The molecule has 0 radical (unpaired) electrons. The van der Waals surface area contributed by atoms with Gasteiger partial charge in [-0.05, 0) is 89.9 Å². The van der Waals surface area contributed by atoms with E-state index in [1.54, 1.807) is 0 Å². The molecule has 2 unspecified atom stereocenters. The fourth-order valence-electron chi connectivity index (χ4n) is 9.84. The normalized spacial score (nSPS) is 13.2. The average Bonchev–Trinajstić information content (AvgIpc) is 3.46. The number of likely N-dealkylation sites (N-methyl/N-ethyl adjacent to an activating group) is 1. The maximum atomic E-state index is 12.9. The van der Waals surface area contributed by atoms with Crippen LogP contribution < -0.4 is 0 Å². The van der Waals surface area contributed by atoms with Gasteiger partial charge in [-0.3, -0.25) is 9.59 Å². The highest BCUT2D eigenvalue weighted by Crippen LogP contribution is 2.18. The second kappa shape index (κ2) is 64.5. The van der Waals surface area contributed by atoms with E-state index in [0.29, 0.717) is 23.9 Å². The van der Waals surface area contributed by atoms with Crippen LogP contribution in [0.3, 0.4) is 0 Å². The molecule has 9 nitrogen and oxygen atoms in total. The van der Waals surface area contributed by atoms with Crippen molar-refractivity contribution in [1.82, 2.24) is 0 Å². The van der Waals surface area contributed by atoms with Crippen molar-refractivity contribution in [1.29, 1.82) is 0 Å². The minimum atomic E-state index is -1.52. The maximum Gasteiger partial charge on any atom is 0.361 e. The lowest BCUT2D eigenvalue weighted by atomic mass is 10.0. The number of rotatable bonds is 64. The van der Waals surface area contributed by atoms with E-state index < -0.39 is 24.3 Å². The molecule has 0 aromatic heterocycles. The van der Waals surface area contributed by atoms with E-state index in [9.17, 15) is 19.5 Å². The molecule has 0 aromatic carbocycles. The van der Waals surface area contributed by atoms with Gasteiger partial charge in [0.2, 0.25) is 0 Å². The van der Waals surface area contributed by atoms with E-state index in [-0.39, 0.29) is 32.2 Å². The highest BCUT2D eigenvalue weighted by Gasteiger charge is 2.25. The smallest absolute Gasteiger partial charge is 0.361 e. The predicted molar refractivity (Wildman–Crippen MR) is 355 cm³/mol. The molecular formula is C74H132NO8+. The highest BCUT2D eigenvalue weighted by atomic mass is 16.7. The molecule has 0 rings (SSSR count). The second-order valence-electron chi connectivity index (χ2n) is 24.5. The van der Waals surface area contributed by atoms with E-state index in [2.05, 4.69) is 98.9 Å². The summed E-state index contributed by atoms with van der Waals surface area (Å²) < 4.78 is 22.9. The number of carbonyl (C=O) groups is 3. The minimum Gasteiger partial charge on any atom is -0.477 e. The van der Waals surface area contributed by atoms with Crippen LogP contribution in [0.25, 0.3) is 0 Å². The van der Waals surface area contributed by atoms with Crippen LogP contribution in [-0.4, -0.2) is 87.4 Å². The van der Waals surface area contributed by atoms with Gasteiger partial charge in [0, 0.05) is 12.8 Å². The molecule has 0 amide bonds. The molecule has 0 spiro atoms. The van der Waals surface area contributed by atoms with Gasteiger partial charge in [0.25, 0.3) is 6.29 Å². The summed E-state index contributed by atoms with van der Waals surface area (Å²) in [7, 11) is 5.97. The fraction of sp³-hybridized carbons (Fsp3) is 0.770. The third-order valence-corrected chi connectivity index (χ3v) is 15.1. The molecule has 83 heavy (non-hydrogen) atoms. The molecule has 0 aliphatic carbocycles.